The summed E-state index contributed by atoms with van der Waals surface area (Å²) < 4.78 is 5.27. The first kappa shape index (κ1) is 19.3. The average Bonchev–Trinajstić information content (AvgIpc) is 2.65. The minimum atomic E-state index is -0.210. The number of ketones is 1. The fourth-order valence-electron chi connectivity index (χ4n) is 2.34. The molecule has 0 bridgehead atoms. The SMILES string of the molecule is COc1cc(O)c(CC=C(C)CO)cc1C=CC(=O)c1ccc(O)cc1. The topological polar surface area (TPSA) is 87.0 Å². The van der Waals surface area contributed by atoms with E-state index in [0.29, 0.717) is 28.9 Å². The fraction of sp³-hybridized carbons (Fsp3) is 0.190. The van der Waals surface area contributed by atoms with Crippen LogP contribution < -0.4 is 4.74 Å². The predicted molar refractivity (Wildman–Crippen MR) is 101 cm³/mol. The van der Waals surface area contributed by atoms with Gasteiger partial charge in [-0.15, -0.1) is 0 Å². The Balaban J connectivity index is 2.28. The smallest absolute Gasteiger partial charge is 0.185 e. The number of aliphatic hydroxyl groups excluding tert-OH is 1. The van der Waals surface area contributed by atoms with Crippen LogP contribution in [-0.2, 0) is 6.42 Å². The Morgan fingerprint density at radius 3 is 2.46 bits per heavy atom. The zero-order chi connectivity index (χ0) is 19.1. The molecule has 5 heteroatoms. The lowest BCUT2D eigenvalue weighted by Gasteiger charge is -2.10. The molecule has 0 aromatic heterocycles. The van der Waals surface area contributed by atoms with Crippen LogP contribution in [0.4, 0.5) is 0 Å². The van der Waals surface area contributed by atoms with Crippen molar-refractivity contribution in [2.75, 3.05) is 13.7 Å². The van der Waals surface area contributed by atoms with Crippen molar-refractivity contribution in [3.8, 4) is 17.2 Å². The van der Waals surface area contributed by atoms with E-state index >= 15 is 0 Å². The number of rotatable bonds is 7. The standard InChI is InChI=1S/C21H22O5/c1-14(13-22)3-4-16-11-17(21(26-2)12-20(16)25)7-10-19(24)15-5-8-18(23)9-6-15/h3,5-12,22-23,25H,4,13H2,1-2H3. The van der Waals surface area contributed by atoms with Crippen molar-refractivity contribution in [2.45, 2.75) is 13.3 Å². The maximum absolute atomic E-state index is 12.2. The van der Waals surface area contributed by atoms with Gasteiger partial charge in [-0.05, 0) is 61.4 Å². The number of allylic oxidation sites excluding steroid dienone is 2. The van der Waals surface area contributed by atoms with Crippen molar-refractivity contribution in [2.24, 2.45) is 0 Å². The highest BCUT2D eigenvalue weighted by Crippen LogP contribution is 2.30. The second-order valence-corrected chi connectivity index (χ2v) is 5.88. The summed E-state index contributed by atoms with van der Waals surface area (Å²) in [6.45, 7) is 1.77. The zero-order valence-corrected chi connectivity index (χ0v) is 14.8. The monoisotopic (exact) mass is 354 g/mol. The summed E-state index contributed by atoms with van der Waals surface area (Å²) in [6.07, 6.45) is 5.32. The summed E-state index contributed by atoms with van der Waals surface area (Å²) in [5, 5.41) is 28.5. The lowest BCUT2D eigenvalue weighted by Crippen LogP contribution is -1.95. The molecule has 0 amide bonds. The molecule has 0 aliphatic heterocycles. The van der Waals surface area contributed by atoms with Gasteiger partial charge in [-0.2, -0.15) is 0 Å². The van der Waals surface area contributed by atoms with Crippen molar-refractivity contribution in [3.05, 3.63) is 70.8 Å². The van der Waals surface area contributed by atoms with E-state index in [1.807, 2.05) is 6.08 Å². The van der Waals surface area contributed by atoms with Crippen molar-refractivity contribution in [3.63, 3.8) is 0 Å². The molecule has 26 heavy (non-hydrogen) atoms. The molecular formula is C21H22O5. The number of hydrogen-bond acceptors (Lipinski definition) is 5. The first-order valence-electron chi connectivity index (χ1n) is 8.12. The molecule has 0 radical (unpaired) electrons. The van der Waals surface area contributed by atoms with Crippen LogP contribution in [0.3, 0.4) is 0 Å². The number of aliphatic hydroxyl groups is 1. The Labute approximate surface area is 152 Å². The summed E-state index contributed by atoms with van der Waals surface area (Å²) in [4.78, 5) is 12.2. The molecular weight excluding hydrogens is 332 g/mol. The van der Waals surface area contributed by atoms with Crippen LogP contribution in [0.25, 0.3) is 6.08 Å². The van der Waals surface area contributed by atoms with Gasteiger partial charge >= 0.3 is 0 Å². The van der Waals surface area contributed by atoms with E-state index in [1.165, 1.54) is 31.4 Å². The van der Waals surface area contributed by atoms with Crippen molar-refractivity contribution in [1.82, 2.24) is 0 Å². The molecule has 0 aliphatic carbocycles. The molecule has 0 saturated heterocycles. The highest BCUT2D eigenvalue weighted by atomic mass is 16.5. The van der Waals surface area contributed by atoms with E-state index in [0.717, 1.165) is 5.57 Å². The highest BCUT2D eigenvalue weighted by Gasteiger charge is 2.09. The Bertz CT molecular complexity index is 832. The van der Waals surface area contributed by atoms with E-state index < -0.39 is 0 Å². The van der Waals surface area contributed by atoms with Crippen LogP contribution in [0, 0.1) is 0 Å². The summed E-state index contributed by atoms with van der Waals surface area (Å²) in [5.41, 5.74) is 2.58. The van der Waals surface area contributed by atoms with Gasteiger partial charge in [0.2, 0.25) is 0 Å². The number of carbonyl (C=O) groups is 1. The molecule has 0 unspecified atom stereocenters. The third kappa shape index (κ3) is 4.97. The van der Waals surface area contributed by atoms with Crippen LogP contribution in [0.5, 0.6) is 17.2 Å². The molecule has 0 fully saturated rings. The van der Waals surface area contributed by atoms with Crippen LogP contribution in [0.1, 0.15) is 28.4 Å². The van der Waals surface area contributed by atoms with E-state index in [-0.39, 0.29) is 23.9 Å². The molecule has 0 aliphatic rings. The van der Waals surface area contributed by atoms with Gasteiger partial charge in [-0.3, -0.25) is 4.79 Å². The second-order valence-electron chi connectivity index (χ2n) is 5.88. The van der Waals surface area contributed by atoms with E-state index in [9.17, 15) is 15.0 Å². The molecule has 2 aromatic carbocycles. The molecule has 5 nitrogen and oxygen atoms in total. The van der Waals surface area contributed by atoms with Crippen LogP contribution in [0.15, 0.2) is 54.1 Å². The number of phenols is 2. The van der Waals surface area contributed by atoms with Gasteiger partial charge in [0.05, 0.1) is 13.7 Å². The maximum Gasteiger partial charge on any atom is 0.185 e. The largest absolute Gasteiger partial charge is 0.508 e. The van der Waals surface area contributed by atoms with Crippen LogP contribution in [-0.4, -0.2) is 34.8 Å². The minimum absolute atomic E-state index is 0.0369. The van der Waals surface area contributed by atoms with Gasteiger partial charge in [0.15, 0.2) is 5.78 Å². The number of carbonyl (C=O) groups excluding carboxylic acids is 1. The van der Waals surface area contributed by atoms with Gasteiger partial charge < -0.3 is 20.1 Å². The quantitative estimate of drug-likeness (QED) is 0.402. The third-order valence-corrected chi connectivity index (χ3v) is 3.92. The molecule has 0 spiro atoms. The van der Waals surface area contributed by atoms with Gasteiger partial charge in [-0.1, -0.05) is 11.6 Å². The van der Waals surface area contributed by atoms with Crippen LogP contribution >= 0.6 is 0 Å². The lowest BCUT2D eigenvalue weighted by molar-refractivity contribution is 0.104. The van der Waals surface area contributed by atoms with Crippen molar-refractivity contribution >= 4 is 11.9 Å². The van der Waals surface area contributed by atoms with E-state index in [4.69, 9.17) is 9.84 Å². The number of hydrogen-bond donors (Lipinski definition) is 3. The number of phenolic OH excluding ortho intramolecular Hbond substituents is 2. The van der Waals surface area contributed by atoms with E-state index in [1.54, 1.807) is 31.2 Å². The Morgan fingerprint density at radius 2 is 1.85 bits per heavy atom. The predicted octanol–water partition coefficient (Wildman–Crippen LogP) is 3.48. The fourth-order valence-corrected chi connectivity index (χ4v) is 2.34. The van der Waals surface area contributed by atoms with Gasteiger partial charge in [0.25, 0.3) is 0 Å². The normalized spacial score (nSPS) is 11.7. The second kappa shape index (κ2) is 8.87. The molecule has 0 saturated carbocycles. The first-order chi connectivity index (χ1) is 12.4. The maximum atomic E-state index is 12.2. The number of aromatic hydroxyl groups is 2. The summed E-state index contributed by atoms with van der Waals surface area (Å²) in [5.74, 6) is 0.425. The molecule has 0 atom stereocenters. The minimum Gasteiger partial charge on any atom is -0.508 e. The van der Waals surface area contributed by atoms with Gasteiger partial charge in [-0.25, -0.2) is 0 Å². The molecule has 136 valence electrons. The first-order valence-corrected chi connectivity index (χ1v) is 8.12. The average molecular weight is 354 g/mol. The lowest BCUT2D eigenvalue weighted by atomic mass is 10.0. The summed E-state index contributed by atoms with van der Waals surface area (Å²) in [7, 11) is 1.49. The molecule has 2 rings (SSSR count). The Kier molecular flexibility index (Phi) is 6.58. The van der Waals surface area contributed by atoms with Gasteiger partial charge in [0.1, 0.15) is 17.2 Å². The number of ether oxygens (including phenoxy) is 1. The molecule has 2 aromatic rings. The third-order valence-electron chi connectivity index (χ3n) is 3.92. The zero-order valence-electron chi connectivity index (χ0n) is 14.8. The van der Waals surface area contributed by atoms with Crippen molar-refractivity contribution < 1.29 is 24.9 Å². The summed E-state index contributed by atoms with van der Waals surface area (Å²) >= 11 is 0. The Hall–Kier alpha value is -3.05. The molecule has 3 N–H and O–H groups in total. The highest BCUT2D eigenvalue weighted by molar-refractivity contribution is 6.07. The van der Waals surface area contributed by atoms with Crippen molar-refractivity contribution in [1.29, 1.82) is 0 Å². The van der Waals surface area contributed by atoms with E-state index in [2.05, 4.69) is 0 Å². The number of benzene rings is 2. The van der Waals surface area contributed by atoms with Crippen LogP contribution in [0.2, 0.25) is 0 Å². The Morgan fingerprint density at radius 1 is 1.15 bits per heavy atom. The molecule has 0 heterocycles. The van der Waals surface area contributed by atoms with Gasteiger partial charge in [0, 0.05) is 17.2 Å². The summed E-state index contributed by atoms with van der Waals surface area (Å²) in [6, 6.07) is 9.25. The number of methoxy groups -OCH3 is 1.